The highest BCUT2D eigenvalue weighted by atomic mass is 79.9. The summed E-state index contributed by atoms with van der Waals surface area (Å²) in [5, 5.41) is 4.16. The van der Waals surface area contributed by atoms with Gasteiger partial charge in [-0.15, -0.1) is 0 Å². The second kappa shape index (κ2) is 5.12. The molecular weight excluding hydrogens is 292 g/mol. The van der Waals surface area contributed by atoms with Crippen LogP contribution < -0.4 is 5.73 Å². The average Bonchev–Trinajstić information content (AvgIpc) is 2.62. The average molecular weight is 309 g/mol. The molecule has 96 valence electrons. The van der Waals surface area contributed by atoms with E-state index in [4.69, 9.17) is 5.73 Å². The van der Waals surface area contributed by atoms with Gasteiger partial charge in [-0.2, -0.15) is 5.10 Å². The van der Waals surface area contributed by atoms with Crippen LogP contribution in [0.4, 0.5) is 5.82 Å². The van der Waals surface area contributed by atoms with Crippen molar-refractivity contribution in [2.45, 2.75) is 6.54 Å². The van der Waals surface area contributed by atoms with Crippen LogP contribution in [0.5, 0.6) is 0 Å². The number of rotatable bonds is 3. The number of anilines is 1. The molecule has 0 saturated carbocycles. The number of benzene rings is 1. The first kappa shape index (κ1) is 13.1. The van der Waals surface area contributed by atoms with Crippen LogP contribution in [0, 0.1) is 0 Å². The van der Waals surface area contributed by atoms with Gasteiger partial charge in [-0.05, 0) is 31.3 Å². The lowest BCUT2D eigenvalue weighted by Gasteiger charge is -2.12. The molecular formula is C13H17BrN4. The molecule has 1 heterocycles. The number of nitrogens with zero attached hydrogens (tertiary/aromatic N) is 3. The van der Waals surface area contributed by atoms with Crippen molar-refractivity contribution in [3.05, 3.63) is 34.4 Å². The van der Waals surface area contributed by atoms with Crippen LogP contribution in [0.1, 0.15) is 5.56 Å². The van der Waals surface area contributed by atoms with E-state index in [1.54, 1.807) is 10.9 Å². The van der Waals surface area contributed by atoms with Gasteiger partial charge in [0.2, 0.25) is 0 Å². The van der Waals surface area contributed by atoms with Gasteiger partial charge < -0.3 is 10.6 Å². The third kappa shape index (κ3) is 2.57. The molecule has 1 aromatic heterocycles. The van der Waals surface area contributed by atoms with E-state index >= 15 is 0 Å². The summed E-state index contributed by atoms with van der Waals surface area (Å²) < 4.78 is 2.77. The summed E-state index contributed by atoms with van der Waals surface area (Å²) in [6.07, 6.45) is 1.79. The summed E-state index contributed by atoms with van der Waals surface area (Å²) in [4.78, 5) is 2.14. The summed E-state index contributed by atoms with van der Waals surface area (Å²) in [6.45, 7) is 0.906. The smallest absolute Gasteiger partial charge is 0.129 e. The lowest BCUT2D eigenvalue weighted by Crippen LogP contribution is -2.11. The third-order valence-corrected chi connectivity index (χ3v) is 3.57. The molecule has 2 rings (SSSR count). The number of nitrogens with two attached hydrogens (primary N) is 1. The van der Waals surface area contributed by atoms with E-state index in [1.165, 1.54) is 5.56 Å². The standard InChI is InChI=1S/C13H17BrN4/c1-17(2)8-10-5-4-9(6-12(10)14)11-7-16-18(3)13(11)15/h4-7H,8,15H2,1-3H3. The van der Waals surface area contributed by atoms with Crippen LogP contribution in [0.15, 0.2) is 28.9 Å². The highest BCUT2D eigenvalue weighted by Crippen LogP contribution is 2.29. The van der Waals surface area contributed by atoms with Gasteiger partial charge in [-0.3, -0.25) is 4.68 Å². The molecule has 0 radical (unpaired) electrons. The Hall–Kier alpha value is -1.33. The lowest BCUT2D eigenvalue weighted by molar-refractivity contribution is 0.401. The Morgan fingerprint density at radius 2 is 2.11 bits per heavy atom. The lowest BCUT2D eigenvalue weighted by atomic mass is 10.1. The minimum absolute atomic E-state index is 0.683. The molecule has 0 spiro atoms. The van der Waals surface area contributed by atoms with Gasteiger partial charge in [-0.1, -0.05) is 28.1 Å². The minimum atomic E-state index is 0.683. The van der Waals surface area contributed by atoms with Crippen molar-refractivity contribution in [1.29, 1.82) is 0 Å². The molecule has 0 amide bonds. The maximum Gasteiger partial charge on any atom is 0.129 e. The molecule has 0 unspecified atom stereocenters. The normalized spacial score (nSPS) is 11.2. The van der Waals surface area contributed by atoms with Crippen LogP contribution in [0.2, 0.25) is 0 Å². The summed E-state index contributed by atoms with van der Waals surface area (Å²) in [5.74, 6) is 0.683. The molecule has 1 aromatic carbocycles. The largest absolute Gasteiger partial charge is 0.383 e. The van der Waals surface area contributed by atoms with Gasteiger partial charge in [0, 0.05) is 23.6 Å². The Kier molecular flexibility index (Phi) is 3.73. The zero-order valence-corrected chi connectivity index (χ0v) is 12.4. The number of hydrogen-bond donors (Lipinski definition) is 1. The first-order chi connectivity index (χ1) is 8.49. The zero-order valence-electron chi connectivity index (χ0n) is 10.8. The van der Waals surface area contributed by atoms with E-state index in [0.29, 0.717) is 5.82 Å². The van der Waals surface area contributed by atoms with Crippen LogP contribution >= 0.6 is 15.9 Å². The Morgan fingerprint density at radius 1 is 1.39 bits per heavy atom. The van der Waals surface area contributed by atoms with E-state index in [1.807, 2.05) is 7.05 Å². The Labute approximate surface area is 116 Å². The van der Waals surface area contributed by atoms with Gasteiger partial charge in [0.15, 0.2) is 0 Å². The topological polar surface area (TPSA) is 47.1 Å². The van der Waals surface area contributed by atoms with Crippen molar-refractivity contribution in [2.24, 2.45) is 7.05 Å². The van der Waals surface area contributed by atoms with Crippen LogP contribution in [-0.2, 0) is 13.6 Å². The van der Waals surface area contributed by atoms with E-state index < -0.39 is 0 Å². The molecule has 5 heteroatoms. The van der Waals surface area contributed by atoms with Crippen LogP contribution in [-0.4, -0.2) is 28.8 Å². The molecule has 18 heavy (non-hydrogen) atoms. The second-order valence-corrected chi connectivity index (χ2v) is 5.47. The number of halogens is 1. The summed E-state index contributed by atoms with van der Waals surface area (Å²) in [6, 6.07) is 6.29. The molecule has 4 nitrogen and oxygen atoms in total. The third-order valence-electron chi connectivity index (χ3n) is 2.84. The number of nitrogen functional groups attached to an aromatic ring is 1. The van der Waals surface area contributed by atoms with Gasteiger partial charge in [-0.25, -0.2) is 0 Å². The van der Waals surface area contributed by atoms with Gasteiger partial charge in [0.05, 0.1) is 6.20 Å². The van der Waals surface area contributed by atoms with Gasteiger partial charge in [0.1, 0.15) is 5.82 Å². The van der Waals surface area contributed by atoms with Crippen LogP contribution in [0.25, 0.3) is 11.1 Å². The first-order valence-corrected chi connectivity index (χ1v) is 6.49. The maximum absolute atomic E-state index is 5.98. The van der Waals surface area contributed by atoms with Gasteiger partial charge >= 0.3 is 0 Å². The van der Waals surface area contributed by atoms with E-state index in [0.717, 1.165) is 22.1 Å². The van der Waals surface area contributed by atoms with Crippen molar-refractivity contribution in [1.82, 2.24) is 14.7 Å². The molecule has 0 fully saturated rings. The first-order valence-electron chi connectivity index (χ1n) is 5.70. The molecule has 0 atom stereocenters. The Morgan fingerprint density at radius 3 is 2.61 bits per heavy atom. The van der Waals surface area contributed by atoms with Crippen molar-refractivity contribution in [3.63, 3.8) is 0 Å². The fourth-order valence-corrected chi connectivity index (χ4v) is 2.36. The fraction of sp³-hybridized carbons (Fsp3) is 0.308. The summed E-state index contributed by atoms with van der Waals surface area (Å²) >= 11 is 3.61. The molecule has 0 bridgehead atoms. The highest BCUT2D eigenvalue weighted by molar-refractivity contribution is 9.10. The quantitative estimate of drug-likeness (QED) is 0.947. The highest BCUT2D eigenvalue weighted by Gasteiger charge is 2.09. The van der Waals surface area contributed by atoms with E-state index in [-0.39, 0.29) is 0 Å². The van der Waals surface area contributed by atoms with Crippen molar-refractivity contribution in [3.8, 4) is 11.1 Å². The Bertz CT molecular complexity index is 560. The van der Waals surface area contributed by atoms with E-state index in [2.05, 4.69) is 58.2 Å². The number of aryl methyl sites for hydroxylation is 1. The number of hydrogen-bond acceptors (Lipinski definition) is 3. The SMILES string of the molecule is CN(C)Cc1ccc(-c2cnn(C)c2N)cc1Br. The van der Waals surface area contributed by atoms with Crippen molar-refractivity contribution >= 4 is 21.7 Å². The van der Waals surface area contributed by atoms with Crippen molar-refractivity contribution in [2.75, 3.05) is 19.8 Å². The summed E-state index contributed by atoms with van der Waals surface area (Å²) in [7, 11) is 5.95. The molecule has 0 aliphatic heterocycles. The number of aromatic nitrogens is 2. The Balaban J connectivity index is 2.37. The monoisotopic (exact) mass is 308 g/mol. The fourth-order valence-electron chi connectivity index (χ4n) is 1.85. The predicted octanol–water partition coefficient (Wildman–Crippen LogP) is 2.49. The van der Waals surface area contributed by atoms with E-state index in [9.17, 15) is 0 Å². The second-order valence-electron chi connectivity index (χ2n) is 4.61. The van der Waals surface area contributed by atoms with Crippen LogP contribution in [0.3, 0.4) is 0 Å². The van der Waals surface area contributed by atoms with Crippen molar-refractivity contribution < 1.29 is 0 Å². The minimum Gasteiger partial charge on any atom is -0.383 e. The molecule has 2 aromatic rings. The van der Waals surface area contributed by atoms with Gasteiger partial charge in [0.25, 0.3) is 0 Å². The maximum atomic E-state index is 5.98. The molecule has 0 aliphatic rings. The molecule has 0 saturated heterocycles. The molecule has 0 aliphatic carbocycles. The predicted molar refractivity (Wildman–Crippen MR) is 78.1 cm³/mol. The molecule has 2 N–H and O–H groups in total. The zero-order chi connectivity index (χ0) is 13.3. The summed E-state index contributed by atoms with van der Waals surface area (Å²) in [5.41, 5.74) is 9.28.